The Hall–Kier alpha value is -2.33. The highest BCUT2D eigenvalue weighted by atomic mass is 14.9. The zero-order valence-electron chi connectivity index (χ0n) is 12.2. The average Bonchev–Trinajstić information content (AvgIpc) is 2.45. The predicted octanol–water partition coefficient (Wildman–Crippen LogP) is 2.89. The highest BCUT2D eigenvalue weighted by molar-refractivity contribution is 5.83. The van der Waals surface area contributed by atoms with Gasteiger partial charge in [-0.25, -0.2) is 9.97 Å². The Balaban J connectivity index is 2.06. The summed E-state index contributed by atoms with van der Waals surface area (Å²) in [6, 6.07) is 12.2. The summed E-state index contributed by atoms with van der Waals surface area (Å²) in [4.78, 5) is 13.5. The summed E-state index contributed by atoms with van der Waals surface area (Å²) < 4.78 is 0. The van der Waals surface area contributed by atoms with Crippen LogP contribution in [0.2, 0.25) is 0 Å². The molecule has 3 rings (SSSR count). The fourth-order valence-electron chi connectivity index (χ4n) is 2.41. The summed E-state index contributed by atoms with van der Waals surface area (Å²) in [5.41, 5.74) is 9.80. The fraction of sp³-hybridized carbons (Fsp3) is 0.235. The number of hydrogen-bond acceptors (Lipinski definition) is 4. The van der Waals surface area contributed by atoms with Gasteiger partial charge in [0.1, 0.15) is 0 Å². The molecule has 0 aliphatic heterocycles. The highest BCUT2D eigenvalue weighted by Gasteiger charge is 2.07. The smallest absolute Gasteiger partial charge is 0.159 e. The molecule has 4 heteroatoms. The van der Waals surface area contributed by atoms with Crippen molar-refractivity contribution >= 4 is 10.9 Å². The SMILES string of the molecule is Cc1cc(CC(C)N)nc(-c2ccc3ncccc3c2)n1. The Morgan fingerprint density at radius 2 is 2.00 bits per heavy atom. The van der Waals surface area contributed by atoms with Crippen LogP contribution in [-0.2, 0) is 6.42 Å². The van der Waals surface area contributed by atoms with Crippen LogP contribution in [0, 0.1) is 6.92 Å². The number of aromatic nitrogens is 3. The van der Waals surface area contributed by atoms with Crippen LogP contribution in [0.15, 0.2) is 42.6 Å². The number of nitrogens with zero attached hydrogens (tertiary/aromatic N) is 3. The van der Waals surface area contributed by atoms with Crippen LogP contribution in [0.25, 0.3) is 22.3 Å². The highest BCUT2D eigenvalue weighted by Crippen LogP contribution is 2.21. The van der Waals surface area contributed by atoms with Gasteiger partial charge in [-0.1, -0.05) is 6.07 Å². The van der Waals surface area contributed by atoms with Crippen molar-refractivity contribution in [2.75, 3.05) is 0 Å². The van der Waals surface area contributed by atoms with E-state index in [0.717, 1.165) is 40.1 Å². The van der Waals surface area contributed by atoms with Gasteiger partial charge in [0.25, 0.3) is 0 Å². The zero-order valence-corrected chi connectivity index (χ0v) is 12.2. The Bertz CT molecular complexity index is 781. The van der Waals surface area contributed by atoms with Gasteiger partial charge in [-0.15, -0.1) is 0 Å². The monoisotopic (exact) mass is 278 g/mol. The summed E-state index contributed by atoms with van der Waals surface area (Å²) in [5.74, 6) is 0.747. The van der Waals surface area contributed by atoms with Crippen molar-refractivity contribution in [2.24, 2.45) is 5.73 Å². The molecule has 0 saturated carbocycles. The summed E-state index contributed by atoms with van der Waals surface area (Å²) >= 11 is 0. The first-order valence-electron chi connectivity index (χ1n) is 7.07. The third-order valence-corrected chi connectivity index (χ3v) is 3.30. The van der Waals surface area contributed by atoms with Crippen molar-refractivity contribution in [3.8, 4) is 11.4 Å². The molecule has 3 aromatic rings. The van der Waals surface area contributed by atoms with E-state index >= 15 is 0 Å². The number of benzene rings is 1. The van der Waals surface area contributed by atoms with Crippen LogP contribution < -0.4 is 5.73 Å². The zero-order chi connectivity index (χ0) is 14.8. The molecule has 0 aliphatic rings. The quantitative estimate of drug-likeness (QED) is 0.800. The van der Waals surface area contributed by atoms with Crippen molar-refractivity contribution in [1.29, 1.82) is 0 Å². The molecular weight excluding hydrogens is 260 g/mol. The van der Waals surface area contributed by atoms with Crippen LogP contribution in [-0.4, -0.2) is 21.0 Å². The molecule has 106 valence electrons. The lowest BCUT2D eigenvalue weighted by molar-refractivity contribution is 0.719. The molecule has 0 amide bonds. The fourth-order valence-corrected chi connectivity index (χ4v) is 2.41. The molecule has 2 heterocycles. The van der Waals surface area contributed by atoms with Crippen molar-refractivity contribution in [2.45, 2.75) is 26.3 Å². The van der Waals surface area contributed by atoms with E-state index in [4.69, 9.17) is 5.73 Å². The molecule has 2 aromatic heterocycles. The van der Waals surface area contributed by atoms with Gasteiger partial charge in [0.15, 0.2) is 5.82 Å². The summed E-state index contributed by atoms with van der Waals surface area (Å²) in [5, 5.41) is 1.09. The molecule has 0 spiro atoms. The first-order valence-corrected chi connectivity index (χ1v) is 7.07. The van der Waals surface area contributed by atoms with Gasteiger partial charge >= 0.3 is 0 Å². The van der Waals surface area contributed by atoms with Crippen LogP contribution in [0.4, 0.5) is 0 Å². The van der Waals surface area contributed by atoms with Gasteiger partial charge < -0.3 is 5.73 Å². The second kappa shape index (κ2) is 5.58. The minimum atomic E-state index is 0.0907. The topological polar surface area (TPSA) is 64.7 Å². The Morgan fingerprint density at radius 1 is 1.14 bits per heavy atom. The van der Waals surface area contributed by atoms with Gasteiger partial charge in [0.05, 0.1) is 5.52 Å². The normalized spacial score (nSPS) is 12.5. The van der Waals surface area contributed by atoms with Crippen LogP contribution in [0.3, 0.4) is 0 Å². The molecule has 1 atom stereocenters. The molecule has 0 aliphatic carbocycles. The van der Waals surface area contributed by atoms with E-state index in [1.807, 2.05) is 44.2 Å². The Labute approximate surface area is 124 Å². The second-order valence-electron chi connectivity index (χ2n) is 5.42. The number of aryl methyl sites for hydroxylation is 1. The van der Waals surface area contributed by atoms with E-state index < -0.39 is 0 Å². The lowest BCUT2D eigenvalue weighted by Gasteiger charge is -2.08. The van der Waals surface area contributed by atoms with Gasteiger partial charge in [0, 0.05) is 41.0 Å². The van der Waals surface area contributed by atoms with E-state index in [1.54, 1.807) is 6.20 Å². The number of rotatable bonds is 3. The Kier molecular flexibility index (Phi) is 3.62. The van der Waals surface area contributed by atoms with Gasteiger partial charge in [-0.2, -0.15) is 0 Å². The van der Waals surface area contributed by atoms with Crippen molar-refractivity contribution in [1.82, 2.24) is 15.0 Å². The maximum Gasteiger partial charge on any atom is 0.159 e. The van der Waals surface area contributed by atoms with E-state index in [0.29, 0.717) is 0 Å². The molecular formula is C17H18N4. The molecule has 0 radical (unpaired) electrons. The van der Waals surface area contributed by atoms with E-state index in [2.05, 4.69) is 21.0 Å². The molecule has 21 heavy (non-hydrogen) atoms. The summed E-state index contributed by atoms with van der Waals surface area (Å²) in [7, 11) is 0. The van der Waals surface area contributed by atoms with Gasteiger partial charge in [0.2, 0.25) is 0 Å². The lowest BCUT2D eigenvalue weighted by atomic mass is 10.1. The first kappa shape index (κ1) is 13.6. The van der Waals surface area contributed by atoms with E-state index in [-0.39, 0.29) is 6.04 Å². The minimum absolute atomic E-state index is 0.0907. The molecule has 0 saturated heterocycles. The molecule has 0 fully saturated rings. The van der Waals surface area contributed by atoms with E-state index in [1.165, 1.54) is 0 Å². The van der Waals surface area contributed by atoms with Crippen molar-refractivity contribution < 1.29 is 0 Å². The largest absolute Gasteiger partial charge is 0.328 e. The maximum atomic E-state index is 5.87. The molecule has 1 aromatic carbocycles. The number of pyridine rings is 1. The van der Waals surface area contributed by atoms with Crippen molar-refractivity contribution in [3.05, 3.63) is 54.0 Å². The van der Waals surface area contributed by atoms with Crippen molar-refractivity contribution in [3.63, 3.8) is 0 Å². The minimum Gasteiger partial charge on any atom is -0.328 e. The molecule has 4 nitrogen and oxygen atoms in total. The number of hydrogen-bond donors (Lipinski definition) is 1. The number of nitrogens with two attached hydrogens (primary N) is 1. The van der Waals surface area contributed by atoms with Crippen LogP contribution in [0.5, 0.6) is 0 Å². The molecule has 2 N–H and O–H groups in total. The predicted molar refractivity (Wildman–Crippen MR) is 84.9 cm³/mol. The average molecular weight is 278 g/mol. The Morgan fingerprint density at radius 3 is 2.81 bits per heavy atom. The van der Waals surface area contributed by atoms with Gasteiger partial charge in [-0.3, -0.25) is 4.98 Å². The van der Waals surface area contributed by atoms with Crippen LogP contribution in [0.1, 0.15) is 18.3 Å². The van der Waals surface area contributed by atoms with E-state index in [9.17, 15) is 0 Å². The summed E-state index contributed by atoms with van der Waals surface area (Å²) in [6.07, 6.45) is 2.55. The molecule has 1 unspecified atom stereocenters. The first-order chi connectivity index (χ1) is 10.1. The molecule has 0 bridgehead atoms. The maximum absolute atomic E-state index is 5.87. The second-order valence-corrected chi connectivity index (χ2v) is 5.42. The third kappa shape index (κ3) is 3.06. The number of fused-ring (bicyclic) bond motifs is 1. The van der Waals surface area contributed by atoms with Crippen LogP contribution >= 0.6 is 0 Å². The third-order valence-electron chi connectivity index (χ3n) is 3.30. The lowest BCUT2D eigenvalue weighted by Crippen LogP contribution is -2.19. The summed E-state index contributed by atoms with van der Waals surface area (Å²) in [6.45, 7) is 3.97. The van der Waals surface area contributed by atoms with Gasteiger partial charge in [-0.05, 0) is 44.2 Å². The standard InChI is InChI=1S/C17H18N4/c1-11(18)8-15-9-12(2)20-17(21-15)14-5-6-16-13(10-14)4-3-7-19-16/h3-7,9-11H,8,18H2,1-2H3.